The molecule has 0 aliphatic rings. The van der Waals surface area contributed by atoms with Crippen molar-refractivity contribution in [2.45, 2.75) is 32.8 Å². The zero-order valence-electron chi connectivity index (χ0n) is 14.1. The number of hydrogen-bond donors (Lipinski definition) is 2. The van der Waals surface area contributed by atoms with Gasteiger partial charge < -0.3 is 15.4 Å². The van der Waals surface area contributed by atoms with Gasteiger partial charge in [0.15, 0.2) is 6.10 Å². The Kier molecular flexibility index (Phi) is 6.71. The van der Waals surface area contributed by atoms with Crippen molar-refractivity contribution in [2.24, 2.45) is 0 Å². The fourth-order valence-corrected chi connectivity index (χ4v) is 2.78. The highest BCUT2D eigenvalue weighted by atomic mass is 32.1. The number of rotatable bonds is 7. The van der Waals surface area contributed by atoms with Gasteiger partial charge in [-0.3, -0.25) is 14.4 Å². The highest BCUT2D eigenvalue weighted by Gasteiger charge is 2.18. The molecule has 25 heavy (non-hydrogen) atoms. The minimum Gasteiger partial charge on any atom is -0.453 e. The summed E-state index contributed by atoms with van der Waals surface area (Å²) in [5.41, 5.74) is 2.27. The van der Waals surface area contributed by atoms with E-state index in [1.165, 1.54) is 13.8 Å². The van der Waals surface area contributed by atoms with Crippen LogP contribution in [0.15, 0.2) is 41.1 Å². The lowest BCUT2D eigenvalue weighted by atomic mass is 10.2. The van der Waals surface area contributed by atoms with Crippen molar-refractivity contribution in [1.82, 2.24) is 0 Å². The van der Waals surface area contributed by atoms with Crippen molar-refractivity contribution in [2.75, 3.05) is 10.6 Å². The number of hydrogen-bond acceptors (Lipinski definition) is 5. The van der Waals surface area contributed by atoms with Crippen molar-refractivity contribution in [3.05, 3.63) is 46.7 Å². The van der Waals surface area contributed by atoms with E-state index < -0.39 is 18.0 Å². The Bertz CT molecular complexity index is 726. The van der Waals surface area contributed by atoms with E-state index in [1.807, 2.05) is 16.8 Å². The van der Waals surface area contributed by atoms with E-state index >= 15 is 0 Å². The number of anilines is 2. The Morgan fingerprint density at radius 3 is 2.28 bits per heavy atom. The quantitative estimate of drug-likeness (QED) is 0.743. The molecule has 2 rings (SSSR count). The summed E-state index contributed by atoms with van der Waals surface area (Å²) in [6, 6.07) is 8.63. The number of carbonyl (C=O) groups excluding carboxylic acids is 3. The number of nitrogens with one attached hydrogen (secondary N) is 2. The SMILES string of the molecule is CC(=O)Nc1ccc(NC(=O)[C@@H](C)OC(=O)CCc2ccsc2)cc1. The Morgan fingerprint density at radius 2 is 1.72 bits per heavy atom. The largest absolute Gasteiger partial charge is 0.453 e. The third-order valence-electron chi connectivity index (χ3n) is 3.35. The van der Waals surface area contributed by atoms with Gasteiger partial charge in [-0.25, -0.2) is 0 Å². The van der Waals surface area contributed by atoms with Crippen LogP contribution in [0.1, 0.15) is 25.8 Å². The zero-order valence-corrected chi connectivity index (χ0v) is 14.9. The molecule has 2 aromatic rings. The molecule has 0 fully saturated rings. The van der Waals surface area contributed by atoms with Gasteiger partial charge in [0.1, 0.15) is 0 Å². The van der Waals surface area contributed by atoms with Gasteiger partial charge in [0.05, 0.1) is 0 Å². The second kappa shape index (κ2) is 8.98. The fraction of sp³-hybridized carbons (Fsp3) is 0.278. The van der Waals surface area contributed by atoms with Crippen LogP contribution in [0.5, 0.6) is 0 Å². The van der Waals surface area contributed by atoms with Crippen LogP contribution in [0.2, 0.25) is 0 Å². The molecule has 0 spiro atoms. The van der Waals surface area contributed by atoms with Crippen LogP contribution < -0.4 is 10.6 Å². The standard InChI is InChI=1S/C18H20N2O4S/c1-12(24-17(22)8-3-14-9-10-25-11-14)18(23)20-16-6-4-15(5-7-16)19-13(2)21/h4-7,9-12H,3,8H2,1-2H3,(H,19,21)(H,20,23)/t12-/m1/s1. The first-order chi connectivity index (χ1) is 11.9. The Morgan fingerprint density at radius 1 is 1.08 bits per heavy atom. The van der Waals surface area contributed by atoms with E-state index in [1.54, 1.807) is 35.6 Å². The maximum absolute atomic E-state index is 12.1. The predicted octanol–water partition coefficient (Wildman–Crippen LogP) is 3.21. The van der Waals surface area contributed by atoms with Gasteiger partial charge in [0.25, 0.3) is 5.91 Å². The molecule has 1 heterocycles. The summed E-state index contributed by atoms with van der Waals surface area (Å²) < 4.78 is 5.15. The first-order valence-electron chi connectivity index (χ1n) is 7.83. The smallest absolute Gasteiger partial charge is 0.306 e. The first kappa shape index (κ1) is 18.7. The Hall–Kier alpha value is -2.67. The molecule has 0 aliphatic carbocycles. The maximum Gasteiger partial charge on any atom is 0.306 e. The van der Waals surface area contributed by atoms with Crippen LogP contribution in [-0.4, -0.2) is 23.9 Å². The maximum atomic E-state index is 12.1. The van der Waals surface area contributed by atoms with E-state index in [9.17, 15) is 14.4 Å². The second-order valence-electron chi connectivity index (χ2n) is 5.51. The Balaban J connectivity index is 1.79. The topological polar surface area (TPSA) is 84.5 Å². The summed E-state index contributed by atoms with van der Waals surface area (Å²) in [6.07, 6.45) is -0.0499. The van der Waals surface area contributed by atoms with Crippen molar-refractivity contribution in [1.29, 1.82) is 0 Å². The van der Waals surface area contributed by atoms with Gasteiger partial charge >= 0.3 is 5.97 Å². The van der Waals surface area contributed by atoms with Crippen LogP contribution in [0.25, 0.3) is 0 Å². The number of aryl methyl sites for hydroxylation is 1. The van der Waals surface area contributed by atoms with E-state index in [0.29, 0.717) is 17.8 Å². The molecule has 6 nitrogen and oxygen atoms in total. The molecule has 7 heteroatoms. The number of esters is 1. The molecule has 132 valence electrons. The number of ether oxygens (including phenoxy) is 1. The third kappa shape index (κ3) is 6.39. The van der Waals surface area contributed by atoms with Gasteiger partial charge in [-0.2, -0.15) is 11.3 Å². The van der Waals surface area contributed by atoms with Crippen molar-refractivity contribution >= 4 is 40.5 Å². The highest BCUT2D eigenvalue weighted by molar-refractivity contribution is 7.07. The van der Waals surface area contributed by atoms with Gasteiger partial charge in [0, 0.05) is 24.7 Å². The lowest BCUT2D eigenvalue weighted by Crippen LogP contribution is -2.30. The summed E-state index contributed by atoms with van der Waals surface area (Å²) in [5.74, 6) is -0.981. The van der Waals surface area contributed by atoms with E-state index in [2.05, 4.69) is 10.6 Å². The van der Waals surface area contributed by atoms with Crippen molar-refractivity contribution in [3.8, 4) is 0 Å². The van der Waals surface area contributed by atoms with E-state index in [4.69, 9.17) is 4.74 Å². The highest BCUT2D eigenvalue weighted by Crippen LogP contribution is 2.14. The van der Waals surface area contributed by atoms with Gasteiger partial charge in [-0.05, 0) is 60.0 Å². The predicted molar refractivity (Wildman–Crippen MR) is 97.6 cm³/mol. The summed E-state index contributed by atoms with van der Waals surface area (Å²) >= 11 is 1.58. The van der Waals surface area contributed by atoms with Gasteiger partial charge in [0.2, 0.25) is 5.91 Å². The number of amides is 2. The molecule has 2 N–H and O–H groups in total. The van der Waals surface area contributed by atoms with Crippen LogP contribution in [0, 0.1) is 0 Å². The molecule has 0 saturated carbocycles. The van der Waals surface area contributed by atoms with Crippen LogP contribution in [0.3, 0.4) is 0 Å². The third-order valence-corrected chi connectivity index (χ3v) is 4.08. The van der Waals surface area contributed by atoms with Gasteiger partial charge in [-0.1, -0.05) is 0 Å². The molecule has 2 amide bonds. The average Bonchev–Trinajstić information content (AvgIpc) is 3.07. The van der Waals surface area contributed by atoms with Gasteiger partial charge in [-0.15, -0.1) is 0 Å². The summed E-state index contributed by atoms with van der Waals surface area (Å²) in [6.45, 7) is 2.95. The first-order valence-corrected chi connectivity index (χ1v) is 8.77. The summed E-state index contributed by atoms with van der Waals surface area (Å²) in [5, 5.41) is 9.24. The zero-order chi connectivity index (χ0) is 18.2. The number of carbonyl (C=O) groups is 3. The Labute approximate surface area is 150 Å². The molecule has 0 radical (unpaired) electrons. The van der Waals surface area contributed by atoms with Crippen LogP contribution in [0.4, 0.5) is 11.4 Å². The number of benzene rings is 1. The molecular formula is C18H20N2O4S. The molecule has 1 aromatic carbocycles. The average molecular weight is 360 g/mol. The number of thiophene rings is 1. The van der Waals surface area contributed by atoms with Crippen LogP contribution >= 0.6 is 11.3 Å². The molecule has 0 aliphatic heterocycles. The summed E-state index contributed by atoms with van der Waals surface area (Å²) in [7, 11) is 0. The molecule has 1 aromatic heterocycles. The summed E-state index contributed by atoms with van der Waals surface area (Å²) in [4.78, 5) is 34.9. The fourth-order valence-electron chi connectivity index (χ4n) is 2.07. The lowest BCUT2D eigenvalue weighted by molar-refractivity contribution is -0.153. The van der Waals surface area contributed by atoms with Crippen molar-refractivity contribution < 1.29 is 19.1 Å². The van der Waals surface area contributed by atoms with E-state index in [-0.39, 0.29) is 12.3 Å². The molecule has 1 atom stereocenters. The second-order valence-corrected chi connectivity index (χ2v) is 6.29. The molecular weight excluding hydrogens is 340 g/mol. The monoisotopic (exact) mass is 360 g/mol. The van der Waals surface area contributed by atoms with E-state index in [0.717, 1.165) is 5.56 Å². The molecule has 0 bridgehead atoms. The minimum absolute atomic E-state index is 0.167. The lowest BCUT2D eigenvalue weighted by Gasteiger charge is -2.13. The minimum atomic E-state index is -0.884. The normalized spacial score (nSPS) is 11.4. The van der Waals surface area contributed by atoms with Crippen LogP contribution in [-0.2, 0) is 25.5 Å². The molecule has 0 saturated heterocycles. The van der Waals surface area contributed by atoms with Crippen molar-refractivity contribution in [3.63, 3.8) is 0 Å². The molecule has 0 unspecified atom stereocenters.